The number of anilines is 1. The second-order valence-corrected chi connectivity index (χ2v) is 4.67. The third-order valence-electron chi connectivity index (χ3n) is 3.22. The number of rotatable bonds is 8. The molecular formula is C18H23NO2. The van der Waals surface area contributed by atoms with Crippen LogP contribution in [0, 0.1) is 0 Å². The summed E-state index contributed by atoms with van der Waals surface area (Å²) in [5, 5.41) is 3.42. The largest absolute Gasteiger partial charge is 0.490 e. The molecule has 2 rings (SSSR count). The number of hydrogen-bond acceptors (Lipinski definition) is 3. The van der Waals surface area contributed by atoms with Crippen LogP contribution in [-0.4, -0.2) is 19.8 Å². The molecule has 0 radical (unpaired) electrons. The fraction of sp³-hybridized carbons (Fsp3) is 0.333. The van der Waals surface area contributed by atoms with Gasteiger partial charge in [0.15, 0.2) is 11.5 Å². The van der Waals surface area contributed by atoms with Gasteiger partial charge in [-0.15, -0.1) is 0 Å². The highest BCUT2D eigenvalue weighted by molar-refractivity contribution is 5.51. The van der Waals surface area contributed by atoms with Gasteiger partial charge in [0.2, 0.25) is 0 Å². The number of ether oxygens (including phenoxy) is 2. The lowest BCUT2D eigenvalue weighted by Crippen LogP contribution is -2.13. The molecule has 0 unspecified atom stereocenters. The van der Waals surface area contributed by atoms with Gasteiger partial charge in [0.1, 0.15) is 6.61 Å². The van der Waals surface area contributed by atoms with Gasteiger partial charge in [-0.2, -0.15) is 0 Å². The first-order valence-corrected chi connectivity index (χ1v) is 7.51. The average Bonchev–Trinajstić information content (AvgIpc) is 2.53. The Bertz CT molecular complexity index is 554. The number of para-hydroxylation sites is 3. The van der Waals surface area contributed by atoms with E-state index in [9.17, 15) is 0 Å². The van der Waals surface area contributed by atoms with Crippen LogP contribution in [0.25, 0.3) is 0 Å². The van der Waals surface area contributed by atoms with Crippen LogP contribution in [0.5, 0.6) is 11.5 Å². The molecule has 2 aromatic carbocycles. The first-order valence-electron chi connectivity index (χ1n) is 7.51. The predicted octanol–water partition coefficient (Wildman–Crippen LogP) is 4.14. The Labute approximate surface area is 126 Å². The van der Waals surface area contributed by atoms with Crippen molar-refractivity contribution in [2.24, 2.45) is 0 Å². The SMILES string of the molecule is CCOc1ccccc1OCCNc1ccccc1CC. The zero-order chi connectivity index (χ0) is 14.9. The number of benzene rings is 2. The van der Waals surface area contributed by atoms with Crippen LogP contribution in [0.15, 0.2) is 48.5 Å². The minimum atomic E-state index is 0.599. The first-order chi connectivity index (χ1) is 10.3. The zero-order valence-electron chi connectivity index (χ0n) is 12.8. The molecule has 0 saturated heterocycles. The van der Waals surface area contributed by atoms with Gasteiger partial charge >= 0.3 is 0 Å². The Hall–Kier alpha value is -2.16. The molecule has 2 aromatic rings. The number of aryl methyl sites for hydroxylation is 1. The van der Waals surface area contributed by atoms with Crippen LogP contribution >= 0.6 is 0 Å². The molecule has 21 heavy (non-hydrogen) atoms. The molecule has 0 aliphatic carbocycles. The van der Waals surface area contributed by atoms with E-state index in [0.717, 1.165) is 24.5 Å². The second-order valence-electron chi connectivity index (χ2n) is 4.67. The summed E-state index contributed by atoms with van der Waals surface area (Å²) in [6.45, 7) is 6.14. The molecule has 0 spiro atoms. The molecule has 0 amide bonds. The lowest BCUT2D eigenvalue weighted by molar-refractivity contribution is 0.284. The van der Waals surface area contributed by atoms with Crippen molar-refractivity contribution < 1.29 is 9.47 Å². The van der Waals surface area contributed by atoms with E-state index in [0.29, 0.717) is 13.2 Å². The molecule has 0 heterocycles. The summed E-state index contributed by atoms with van der Waals surface area (Å²) in [4.78, 5) is 0. The molecular weight excluding hydrogens is 262 g/mol. The Morgan fingerprint density at radius 2 is 1.52 bits per heavy atom. The summed E-state index contributed by atoms with van der Waals surface area (Å²) < 4.78 is 11.3. The van der Waals surface area contributed by atoms with Gasteiger partial charge in [-0.3, -0.25) is 0 Å². The summed E-state index contributed by atoms with van der Waals surface area (Å²) in [7, 11) is 0. The second kappa shape index (κ2) is 8.20. The van der Waals surface area contributed by atoms with Gasteiger partial charge in [-0.25, -0.2) is 0 Å². The molecule has 1 N–H and O–H groups in total. The van der Waals surface area contributed by atoms with Gasteiger partial charge in [0, 0.05) is 12.2 Å². The summed E-state index contributed by atoms with van der Waals surface area (Å²) in [5.41, 5.74) is 2.51. The lowest BCUT2D eigenvalue weighted by atomic mass is 10.1. The van der Waals surface area contributed by atoms with Crippen LogP contribution in [-0.2, 0) is 6.42 Å². The maximum atomic E-state index is 5.80. The summed E-state index contributed by atoms with van der Waals surface area (Å²) in [5.74, 6) is 1.60. The number of nitrogens with one attached hydrogen (secondary N) is 1. The molecule has 0 aromatic heterocycles. The van der Waals surface area contributed by atoms with Crippen molar-refractivity contribution in [3.8, 4) is 11.5 Å². The van der Waals surface area contributed by atoms with E-state index in [4.69, 9.17) is 9.47 Å². The Morgan fingerprint density at radius 1 is 0.857 bits per heavy atom. The van der Waals surface area contributed by atoms with Gasteiger partial charge in [0.25, 0.3) is 0 Å². The molecule has 0 aliphatic rings. The van der Waals surface area contributed by atoms with Crippen molar-refractivity contribution in [2.45, 2.75) is 20.3 Å². The van der Waals surface area contributed by atoms with Crippen molar-refractivity contribution in [2.75, 3.05) is 25.1 Å². The van der Waals surface area contributed by atoms with Crippen LogP contribution in [0.4, 0.5) is 5.69 Å². The van der Waals surface area contributed by atoms with E-state index < -0.39 is 0 Å². The summed E-state index contributed by atoms with van der Waals surface area (Å²) >= 11 is 0. The summed E-state index contributed by atoms with van der Waals surface area (Å²) in [6.07, 6.45) is 1.03. The molecule has 0 saturated carbocycles. The monoisotopic (exact) mass is 285 g/mol. The normalized spacial score (nSPS) is 10.2. The van der Waals surface area contributed by atoms with Crippen LogP contribution < -0.4 is 14.8 Å². The fourth-order valence-corrected chi connectivity index (χ4v) is 2.19. The zero-order valence-corrected chi connectivity index (χ0v) is 12.8. The van der Waals surface area contributed by atoms with Crippen LogP contribution in [0.2, 0.25) is 0 Å². The third kappa shape index (κ3) is 4.42. The molecule has 112 valence electrons. The Balaban J connectivity index is 1.85. The molecule has 0 atom stereocenters. The van der Waals surface area contributed by atoms with E-state index in [-0.39, 0.29) is 0 Å². The van der Waals surface area contributed by atoms with E-state index in [1.54, 1.807) is 0 Å². The number of hydrogen-bond donors (Lipinski definition) is 1. The predicted molar refractivity (Wildman–Crippen MR) is 87.4 cm³/mol. The topological polar surface area (TPSA) is 30.5 Å². The van der Waals surface area contributed by atoms with Gasteiger partial charge < -0.3 is 14.8 Å². The van der Waals surface area contributed by atoms with Crippen LogP contribution in [0.1, 0.15) is 19.4 Å². The quantitative estimate of drug-likeness (QED) is 0.739. The van der Waals surface area contributed by atoms with E-state index in [2.05, 4.69) is 30.4 Å². The lowest BCUT2D eigenvalue weighted by Gasteiger charge is -2.13. The highest BCUT2D eigenvalue weighted by Gasteiger charge is 2.03. The van der Waals surface area contributed by atoms with Crippen molar-refractivity contribution in [1.29, 1.82) is 0 Å². The van der Waals surface area contributed by atoms with Crippen molar-refractivity contribution in [3.05, 3.63) is 54.1 Å². The Kier molecular flexibility index (Phi) is 5.95. The first kappa shape index (κ1) is 15.2. The van der Waals surface area contributed by atoms with Crippen molar-refractivity contribution in [3.63, 3.8) is 0 Å². The smallest absolute Gasteiger partial charge is 0.161 e. The highest BCUT2D eigenvalue weighted by Crippen LogP contribution is 2.26. The highest BCUT2D eigenvalue weighted by atomic mass is 16.5. The maximum absolute atomic E-state index is 5.80. The van der Waals surface area contributed by atoms with Gasteiger partial charge in [0.05, 0.1) is 6.61 Å². The van der Waals surface area contributed by atoms with E-state index in [1.165, 1.54) is 11.3 Å². The minimum Gasteiger partial charge on any atom is -0.490 e. The van der Waals surface area contributed by atoms with Gasteiger partial charge in [-0.05, 0) is 37.1 Å². The maximum Gasteiger partial charge on any atom is 0.161 e. The van der Waals surface area contributed by atoms with E-state index >= 15 is 0 Å². The van der Waals surface area contributed by atoms with Gasteiger partial charge in [-0.1, -0.05) is 37.3 Å². The molecule has 3 nitrogen and oxygen atoms in total. The standard InChI is InChI=1S/C18H23NO2/c1-3-15-9-5-6-10-16(15)19-13-14-21-18-12-8-7-11-17(18)20-4-2/h5-12,19H,3-4,13-14H2,1-2H3. The third-order valence-corrected chi connectivity index (χ3v) is 3.22. The minimum absolute atomic E-state index is 0.599. The fourth-order valence-electron chi connectivity index (χ4n) is 2.19. The average molecular weight is 285 g/mol. The van der Waals surface area contributed by atoms with E-state index in [1.807, 2.05) is 37.3 Å². The molecule has 3 heteroatoms. The van der Waals surface area contributed by atoms with Crippen molar-refractivity contribution in [1.82, 2.24) is 0 Å². The molecule has 0 aliphatic heterocycles. The van der Waals surface area contributed by atoms with Crippen LogP contribution in [0.3, 0.4) is 0 Å². The molecule has 0 bridgehead atoms. The Morgan fingerprint density at radius 3 is 2.24 bits per heavy atom. The van der Waals surface area contributed by atoms with Crippen molar-refractivity contribution >= 4 is 5.69 Å². The summed E-state index contributed by atoms with van der Waals surface area (Å²) in [6, 6.07) is 16.1. The molecule has 0 fully saturated rings.